The van der Waals surface area contributed by atoms with Crippen LogP contribution < -0.4 is 25.9 Å². The Morgan fingerprint density at radius 2 is 1.18 bits per heavy atom. The minimum absolute atomic E-state index is 0. The van der Waals surface area contributed by atoms with E-state index in [2.05, 4.69) is 46.4 Å². The molecule has 0 saturated heterocycles. The number of rotatable bonds is 2. The van der Waals surface area contributed by atoms with Crippen molar-refractivity contribution < 1.29 is 29.6 Å². The van der Waals surface area contributed by atoms with E-state index in [0.717, 1.165) is 56.2 Å². The van der Waals surface area contributed by atoms with Gasteiger partial charge in [-0.15, -0.1) is 47.5 Å². The van der Waals surface area contributed by atoms with E-state index in [1.165, 1.54) is 0 Å². The van der Waals surface area contributed by atoms with E-state index < -0.39 is 0 Å². The molecule has 8 rings (SSSR count). The molecule has 0 N–H and O–H groups in total. The fraction of sp³-hybridized carbons (Fsp3) is 0. The van der Waals surface area contributed by atoms with Gasteiger partial charge < -0.3 is 19.4 Å². The average Bonchev–Trinajstić information content (AvgIpc) is 3.02. The predicted octanol–water partition coefficient (Wildman–Crippen LogP) is 5.82. The Labute approximate surface area is 247 Å². The molecule has 0 bridgehead atoms. The summed E-state index contributed by atoms with van der Waals surface area (Å²) in [6.07, 6.45) is 3.57. The molecule has 0 spiro atoms. The van der Waals surface area contributed by atoms with Crippen LogP contribution in [0, 0.1) is 12.1 Å². The molecule has 0 aliphatic carbocycles. The van der Waals surface area contributed by atoms with Gasteiger partial charge in [0.15, 0.2) is 0 Å². The van der Waals surface area contributed by atoms with E-state index in [1.54, 1.807) is 12.4 Å². The molecule has 193 valence electrons. The Balaban J connectivity index is 0.000000188. The van der Waals surface area contributed by atoms with Crippen molar-refractivity contribution in [2.45, 2.75) is 0 Å². The van der Waals surface area contributed by atoms with Crippen LogP contribution >= 0.6 is 0 Å². The zero-order chi connectivity index (χ0) is 26.0. The van der Waals surface area contributed by atoms with Crippen molar-refractivity contribution in [2.75, 3.05) is 0 Å². The Morgan fingerprint density at radius 3 is 1.80 bits per heavy atom. The Hall–Kier alpha value is -4.51. The number of para-hydroxylation sites is 2. The summed E-state index contributed by atoms with van der Waals surface area (Å²) in [7, 11) is 0. The molecule has 4 heterocycles. The molecule has 2 aliphatic heterocycles. The van der Waals surface area contributed by atoms with Gasteiger partial charge in [0.2, 0.25) is 6.71 Å². The van der Waals surface area contributed by atoms with Gasteiger partial charge in [-0.3, -0.25) is 0 Å². The van der Waals surface area contributed by atoms with Crippen LogP contribution in [0.15, 0.2) is 128 Å². The van der Waals surface area contributed by atoms with Crippen LogP contribution in [0.2, 0.25) is 0 Å². The second kappa shape index (κ2) is 11.3. The molecular weight excluding hydrogens is 671 g/mol. The van der Waals surface area contributed by atoms with Crippen molar-refractivity contribution in [1.29, 1.82) is 0 Å². The zero-order valence-corrected chi connectivity index (χ0v) is 23.6. The van der Waals surface area contributed by atoms with Crippen LogP contribution in [0.25, 0.3) is 22.5 Å². The number of ether oxygens (including phenoxy) is 2. The quantitative estimate of drug-likeness (QED) is 0.169. The van der Waals surface area contributed by atoms with Crippen molar-refractivity contribution in [3.8, 4) is 45.5 Å². The van der Waals surface area contributed by atoms with E-state index in [1.807, 2.05) is 91.0 Å². The first-order valence-corrected chi connectivity index (χ1v) is 12.8. The first kappa shape index (κ1) is 25.8. The van der Waals surface area contributed by atoms with Crippen LogP contribution in [0.1, 0.15) is 0 Å². The van der Waals surface area contributed by atoms with Crippen molar-refractivity contribution in [3.05, 3.63) is 140 Å². The second-order valence-electron chi connectivity index (χ2n) is 9.21. The van der Waals surface area contributed by atoms with Gasteiger partial charge in [0.25, 0.3) is 0 Å². The molecule has 4 nitrogen and oxygen atoms in total. The molecule has 2 aromatic heterocycles. The predicted molar refractivity (Wildman–Crippen MR) is 155 cm³/mol. The summed E-state index contributed by atoms with van der Waals surface area (Å²) in [5.41, 5.74) is 7.06. The summed E-state index contributed by atoms with van der Waals surface area (Å²) in [5, 5.41) is 0. The van der Waals surface area contributed by atoms with Crippen LogP contribution in [-0.4, -0.2) is 16.7 Å². The Bertz CT molecular complexity index is 1660. The normalized spacial score (nSPS) is 11.7. The number of benzene rings is 4. The maximum absolute atomic E-state index is 6.27. The minimum atomic E-state index is 0. The number of fused-ring (bicyclic) bond motifs is 4. The maximum atomic E-state index is 6.27. The molecule has 1 radical (unpaired) electrons. The summed E-state index contributed by atoms with van der Waals surface area (Å²) in [6, 6.07) is 44.5. The smallest absolute Gasteiger partial charge is 0.208 e. The van der Waals surface area contributed by atoms with E-state index >= 15 is 0 Å². The average molecular weight is 693 g/mol. The van der Waals surface area contributed by atoms with Crippen LogP contribution in [0.4, 0.5) is 0 Å². The topological polar surface area (TPSA) is 44.2 Å². The fourth-order valence-corrected chi connectivity index (χ4v) is 5.05. The number of hydrogen-bond donors (Lipinski definition) is 0. The van der Waals surface area contributed by atoms with Crippen molar-refractivity contribution >= 4 is 23.1 Å². The van der Waals surface area contributed by atoms with Gasteiger partial charge in [0.05, 0.1) is 0 Å². The molecule has 0 fully saturated rings. The van der Waals surface area contributed by atoms with Gasteiger partial charge in [-0.05, 0) is 46.6 Å². The summed E-state index contributed by atoms with van der Waals surface area (Å²) in [6.45, 7) is 0.0823. The van der Waals surface area contributed by atoms with E-state index in [-0.39, 0.29) is 26.8 Å². The van der Waals surface area contributed by atoms with E-state index in [9.17, 15) is 0 Å². The Kier molecular flexibility index (Phi) is 7.28. The Morgan fingerprint density at radius 1 is 0.575 bits per heavy atom. The summed E-state index contributed by atoms with van der Waals surface area (Å²) in [5.74, 6) is 3.27. The third-order valence-electron chi connectivity index (χ3n) is 6.81. The van der Waals surface area contributed by atoms with Crippen LogP contribution in [0.3, 0.4) is 0 Å². The van der Waals surface area contributed by atoms with Gasteiger partial charge >= 0.3 is 0 Å². The molecule has 2 aliphatic rings. The van der Waals surface area contributed by atoms with E-state index in [0.29, 0.717) is 5.75 Å². The molecule has 4 aromatic carbocycles. The molecule has 6 aromatic rings. The molecule has 0 unspecified atom stereocenters. The van der Waals surface area contributed by atoms with Crippen LogP contribution in [0.5, 0.6) is 23.0 Å². The molecule has 0 amide bonds. The molecule has 6 heteroatoms. The summed E-state index contributed by atoms with van der Waals surface area (Å²) < 4.78 is 12.5. The standard InChI is InChI=1S/C23H13BNO2.C11H8N.Ir/c1-3-10-19-16(7-1)24-17-8-2-4-11-20(17)27-22-14-15(13-21(26-19)23(22)24)18-9-5-6-12-25-18;1-2-6-10(7-3-1)11-8-4-5-9-12-11;/h1-13H;1-6,8-9H;/q2*-1;. The third-order valence-corrected chi connectivity index (χ3v) is 6.81. The first-order chi connectivity index (χ1) is 19.3. The van der Waals surface area contributed by atoms with Gasteiger partial charge in [0, 0.05) is 44.0 Å². The van der Waals surface area contributed by atoms with E-state index in [4.69, 9.17) is 9.47 Å². The van der Waals surface area contributed by atoms with Crippen molar-refractivity contribution in [1.82, 2.24) is 9.97 Å². The van der Waals surface area contributed by atoms with Gasteiger partial charge in [-0.2, -0.15) is 0 Å². The number of pyridine rings is 2. The van der Waals surface area contributed by atoms with Gasteiger partial charge in [-0.25, -0.2) is 0 Å². The molecule has 0 saturated carbocycles. The first-order valence-electron chi connectivity index (χ1n) is 12.8. The summed E-state index contributed by atoms with van der Waals surface area (Å²) in [4.78, 5) is 8.67. The van der Waals surface area contributed by atoms with Gasteiger partial charge in [-0.1, -0.05) is 72.2 Å². The minimum Gasteiger partial charge on any atom is -0.478 e. The third kappa shape index (κ3) is 4.84. The number of nitrogens with zero attached hydrogens (tertiary/aromatic N) is 2. The molecule has 0 atom stereocenters. The zero-order valence-electron chi connectivity index (χ0n) is 21.2. The fourth-order valence-electron chi connectivity index (χ4n) is 5.05. The number of hydrogen-bond acceptors (Lipinski definition) is 4. The van der Waals surface area contributed by atoms with Crippen molar-refractivity contribution in [3.63, 3.8) is 0 Å². The summed E-state index contributed by atoms with van der Waals surface area (Å²) >= 11 is 0. The van der Waals surface area contributed by atoms with Crippen LogP contribution in [-0.2, 0) is 20.1 Å². The van der Waals surface area contributed by atoms with Crippen molar-refractivity contribution in [2.24, 2.45) is 0 Å². The largest absolute Gasteiger partial charge is 0.478 e. The maximum Gasteiger partial charge on any atom is 0.208 e. The number of aromatic nitrogens is 2. The second-order valence-corrected chi connectivity index (χ2v) is 9.21. The monoisotopic (exact) mass is 693 g/mol. The van der Waals surface area contributed by atoms with Gasteiger partial charge in [0.1, 0.15) is 11.5 Å². The molecular formula is C34H21BIrN2O2-2. The molecule has 40 heavy (non-hydrogen) atoms. The SMILES string of the molecule is [Ir].[c-]1c(-c2ccccn2)cc2c3c1Oc1ccccc1B3c1ccccc1O2.[c-]1ccccc1-c1ccccn1.